The highest BCUT2D eigenvalue weighted by atomic mass is 16.5. The topological polar surface area (TPSA) is 63.1 Å². The van der Waals surface area contributed by atoms with Gasteiger partial charge in [-0.1, -0.05) is 12.1 Å². The molecule has 2 aromatic rings. The molecular weight excluding hydrogens is 370 g/mol. The number of ether oxygens (including phenoxy) is 2. The van der Waals surface area contributed by atoms with Crippen LogP contribution >= 0.6 is 0 Å². The number of aromatic nitrogens is 2. The van der Waals surface area contributed by atoms with Gasteiger partial charge < -0.3 is 19.3 Å². The maximum absolute atomic E-state index is 13.4. The second kappa shape index (κ2) is 9.11. The maximum Gasteiger partial charge on any atom is 0.275 e. The minimum absolute atomic E-state index is 0.0173. The van der Waals surface area contributed by atoms with Gasteiger partial charge in [-0.3, -0.25) is 14.4 Å². The minimum Gasteiger partial charge on any atom is -0.494 e. The molecule has 158 valence electrons. The Bertz CT molecular complexity index is 846. The zero-order chi connectivity index (χ0) is 20.2. The van der Waals surface area contributed by atoms with E-state index in [1.807, 2.05) is 27.8 Å². The number of morpholine rings is 1. The Hall–Kier alpha value is -2.16. The smallest absolute Gasteiger partial charge is 0.275 e. The first kappa shape index (κ1) is 20.1. The zero-order valence-corrected chi connectivity index (χ0v) is 17.5. The van der Waals surface area contributed by atoms with Crippen LogP contribution in [0.3, 0.4) is 0 Å². The number of likely N-dealkylation sites (N-methyl/N-ethyl adjacent to an activating group) is 1. The Morgan fingerprint density at radius 3 is 2.72 bits per heavy atom. The summed E-state index contributed by atoms with van der Waals surface area (Å²) in [6.45, 7) is 8.43. The number of methoxy groups -OCH3 is 1. The lowest BCUT2D eigenvalue weighted by Gasteiger charge is -2.26. The number of hydrogen-bond donors (Lipinski definition) is 0. The first-order valence-electron chi connectivity index (χ1n) is 10.5. The summed E-state index contributed by atoms with van der Waals surface area (Å²) in [5.74, 6) is 0.773. The van der Waals surface area contributed by atoms with Gasteiger partial charge in [0.25, 0.3) is 5.91 Å². The van der Waals surface area contributed by atoms with Gasteiger partial charge in [-0.15, -0.1) is 0 Å². The Morgan fingerprint density at radius 2 is 1.93 bits per heavy atom. The van der Waals surface area contributed by atoms with Crippen LogP contribution in [0.1, 0.15) is 16.9 Å². The van der Waals surface area contributed by atoms with E-state index in [1.54, 1.807) is 7.11 Å². The highest BCUT2D eigenvalue weighted by Gasteiger charge is 2.25. The third kappa shape index (κ3) is 4.39. The molecule has 0 spiro atoms. The van der Waals surface area contributed by atoms with Crippen LogP contribution in [0, 0.1) is 0 Å². The van der Waals surface area contributed by atoms with Crippen LogP contribution in [0.4, 0.5) is 0 Å². The van der Waals surface area contributed by atoms with Gasteiger partial charge in [0.05, 0.1) is 26.9 Å². The molecule has 1 aromatic heterocycles. The van der Waals surface area contributed by atoms with Gasteiger partial charge in [0.1, 0.15) is 11.3 Å². The Labute approximate surface area is 171 Å². The molecule has 0 unspecified atom stereocenters. The fourth-order valence-corrected chi connectivity index (χ4v) is 4.15. The third-order valence-corrected chi connectivity index (χ3v) is 5.89. The van der Waals surface area contributed by atoms with Crippen LogP contribution < -0.4 is 4.74 Å². The molecule has 2 aliphatic rings. The Kier molecular flexibility index (Phi) is 6.32. The molecule has 2 saturated heterocycles. The summed E-state index contributed by atoms with van der Waals surface area (Å²) in [4.78, 5) is 19.9. The average Bonchev–Trinajstić information content (AvgIpc) is 2.99. The molecule has 1 amide bonds. The molecule has 0 radical (unpaired) electrons. The van der Waals surface area contributed by atoms with Gasteiger partial charge in [-0.05, 0) is 26.1 Å². The predicted octanol–water partition coefficient (Wildman–Crippen LogP) is 1.15. The molecule has 4 rings (SSSR count). The molecule has 0 bridgehead atoms. The minimum atomic E-state index is 0.0173. The van der Waals surface area contributed by atoms with E-state index in [9.17, 15) is 4.79 Å². The van der Waals surface area contributed by atoms with Crippen molar-refractivity contribution in [2.45, 2.75) is 13.0 Å². The summed E-state index contributed by atoms with van der Waals surface area (Å²) in [7, 11) is 3.77. The van der Waals surface area contributed by atoms with Crippen molar-refractivity contribution >= 4 is 16.8 Å². The van der Waals surface area contributed by atoms with E-state index in [1.165, 1.54) is 0 Å². The summed E-state index contributed by atoms with van der Waals surface area (Å²) >= 11 is 0. The standard InChI is InChI=1S/C21H31N5O3/c1-23-7-4-8-25(11-9-23)21(27)19-17-5-3-6-18(28-2)20(17)26(22-19)12-10-24-13-15-29-16-14-24/h3,5-6H,4,7-16H2,1-2H3. The van der Waals surface area contributed by atoms with Crippen molar-refractivity contribution < 1.29 is 14.3 Å². The van der Waals surface area contributed by atoms with E-state index in [0.29, 0.717) is 12.2 Å². The van der Waals surface area contributed by atoms with Crippen molar-refractivity contribution in [3.05, 3.63) is 23.9 Å². The largest absolute Gasteiger partial charge is 0.494 e. The number of nitrogens with zero attached hydrogens (tertiary/aromatic N) is 5. The van der Waals surface area contributed by atoms with Crippen molar-refractivity contribution in [2.24, 2.45) is 0 Å². The van der Waals surface area contributed by atoms with Crippen LogP contribution in [-0.4, -0.2) is 104 Å². The van der Waals surface area contributed by atoms with Gasteiger partial charge in [0.2, 0.25) is 0 Å². The summed E-state index contributed by atoms with van der Waals surface area (Å²) in [5.41, 5.74) is 1.43. The zero-order valence-electron chi connectivity index (χ0n) is 17.5. The molecule has 29 heavy (non-hydrogen) atoms. The molecule has 1 aromatic carbocycles. The van der Waals surface area contributed by atoms with Gasteiger partial charge in [-0.2, -0.15) is 5.10 Å². The molecule has 3 heterocycles. The summed E-state index contributed by atoms with van der Waals surface area (Å²) in [6.07, 6.45) is 0.987. The predicted molar refractivity (Wildman–Crippen MR) is 112 cm³/mol. The van der Waals surface area contributed by atoms with Crippen LogP contribution in [0.25, 0.3) is 10.9 Å². The van der Waals surface area contributed by atoms with E-state index in [4.69, 9.17) is 14.6 Å². The second-order valence-corrected chi connectivity index (χ2v) is 7.83. The molecule has 0 N–H and O–H groups in total. The summed E-state index contributed by atoms with van der Waals surface area (Å²) in [5, 5.41) is 5.65. The molecule has 8 heteroatoms. The lowest BCUT2D eigenvalue weighted by Crippen LogP contribution is -2.38. The number of para-hydroxylation sites is 1. The normalized spacial score (nSPS) is 19.4. The molecule has 2 fully saturated rings. The summed E-state index contributed by atoms with van der Waals surface area (Å²) in [6, 6.07) is 5.85. The quantitative estimate of drug-likeness (QED) is 0.749. The van der Waals surface area contributed by atoms with E-state index in [0.717, 1.165) is 82.1 Å². The van der Waals surface area contributed by atoms with E-state index < -0.39 is 0 Å². The molecule has 0 saturated carbocycles. The number of fused-ring (bicyclic) bond motifs is 1. The maximum atomic E-state index is 13.4. The monoisotopic (exact) mass is 401 g/mol. The molecule has 0 atom stereocenters. The van der Waals surface area contributed by atoms with Crippen LogP contribution in [0.5, 0.6) is 5.75 Å². The lowest BCUT2D eigenvalue weighted by atomic mass is 10.1. The first-order chi connectivity index (χ1) is 14.2. The fourth-order valence-electron chi connectivity index (χ4n) is 4.15. The number of benzene rings is 1. The highest BCUT2D eigenvalue weighted by Crippen LogP contribution is 2.29. The number of amides is 1. The van der Waals surface area contributed by atoms with Gasteiger partial charge >= 0.3 is 0 Å². The van der Waals surface area contributed by atoms with Crippen LogP contribution in [0.2, 0.25) is 0 Å². The Morgan fingerprint density at radius 1 is 1.10 bits per heavy atom. The number of carbonyl (C=O) groups is 1. The first-order valence-corrected chi connectivity index (χ1v) is 10.5. The lowest BCUT2D eigenvalue weighted by molar-refractivity contribution is 0.0361. The van der Waals surface area contributed by atoms with Crippen molar-refractivity contribution in [3.63, 3.8) is 0 Å². The summed E-state index contributed by atoms with van der Waals surface area (Å²) < 4.78 is 13.0. The highest BCUT2D eigenvalue weighted by molar-refractivity contribution is 6.06. The Balaban J connectivity index is 1.62. The van der Waals surface area contributed by atoms with Crippen molar-refractivity contribution in [1.29, 1.82) is 0 Å². The average molecular weight is 402 g/mol. The van der Waals surface area contributed by atoms with Crippen LogP contribution in [0.15, 0.2) is 18.2 Å². The number of carbonyl (C=O) groups excluding carboxylic acids is 1. The van der Waals surface area contributed by atoms with Gasteiger partial charge in [0, 0.05) is 44.7 Å². The molecule has 8 nitrogen and oxygen atoms in total. The van der Waals surface area contributed by atoms with Crippen molar-refractivity contribution in [2.75, 3.05) is 73.2 Å². The molecule has 0 aliphatic carbocycles. The third-order valence-electron chi connectivity index (χ3n) is 5.89. The SMILES string of the molecule is COc1cccc2c(C(=O)N3CCCN(C)CC3)nn(CCN3CCOCC3)c12. The van der Waals surface area contributed by atoms with E-state index in [-0.39, 0.29) is 5.91 Å². The van der Waals surface area contributed by atoms with Crippen LogP contribution in [-0.2, 0) is 11.3 Å². The van der Waals surface area contributed by atoms with E-state index in [2.05, 4.69) is 16.8 Å². The molecular formula is C21H31N5O3. The second-order valence-electron chi connectivity index (χ2n) is 7.83. The fraction of sp³-hybridized carbons (Fsp3) is 0.619. The van der Waals surface area contributed by atoms with Crippen molar-refractivity contribution in [1.82, 2.24) is 24.5 Å². The number of hydrogen-bond acceptors (Lipinski definition) is 6. The number of rotatable bonds is 5. The van der Waals surface area contributed by atoms with Gasteiger partial charge in [0.15, 0.2) is 5.69 Å². The van der Waals surface area contributed by atoms with Crippen molar-refractivity contribution in [3.8, 4) is 5.75 Å². The van der Waals surface area contributed by atoms with Gasteiger partial charge in [-0.25, -0.2) is 0 Å². The molecule has 2 aliphatic heterocycles. The van der Waals surface area contributed by atoms with E-state index >= 15 is 0 Å².